The Balaban J connectivity index is 0.00000280. The molecule has 2 aliphatic rings. The monoisotopic (exact) mass is 506 g/mol. The van der Waals surface area contributed by atoms with E-state index in [0.717, 1.165) is 50.8 Å². The van der Waals surface area contributed by atoms with Crippen molar-refractivity contribution in [2.24, 2.45) is 10.9 Å². The maximum Gasteiger partial charge on any atom is 0.225 e. The summed E-state index contributed by atoms with van der Waals surface area (Å²) in [5, 5.41) is 6.30. The van der Waals surface area contributed by atoms with Crippen LogP contribution in [-0.4, -0.2) is 42.9 Å². The number of amides is 1. The number of rotatable bonds is 4. The SMILES string of the molecule is CN=C(NCc1cc(F)ccc1F)NC1CCN(C(=O)C2CCCCC2)C1.I. The molecule has 1 saturated carbocycles. The van der Waals surface area contributed by atoms with Gasteiger partial charge in [0, 0.05) is 44.2 Å². The van der Waals surface area contributed by atoms with Crippen molar-refractivity contribution >= 4 is 35.8 Å². The Bertz CT molecular complexity index is 695. The second-order valence-corrected chi connectivity index (χ2v) is 7.41. The Morgan fingerprint density at radius 1 is 1.21 bits per heavy atom. The summed E-state index contributed by atoms with van der Waals surface area (Å²) in [6.07, 6.45) is 6.42. The average molecular weight is 506 g/mol. The van der Waals surface area contributed by atoms with Crippen LogP contribution in [0.3, 0.4) is 0 Å². The molecule has 1 aliphatic heterocycles. The van der Waals surface area contributed by atoms with E-state index in [0.29, 0.717) is 12.5 Å². The number of carbonyl (C=O) groups is 1. The number of hydrogen-bond donors (Lipinski definition) is 2. The Hall–Kier alpha value is -1.45. The molecule has 156 valence electrons. The summed E-state index contributed by atoms with van der Waals surface area (Å²) in [6.45, 7) is 1.55. The topological polar surface area (TPSA) is 56.7 Å². The van der Waals surface area contributed by atoms with Crippen LogP contribution in [0.4, 0.5) is 8.78 Å². The van der Waals surface area contributed by atoms with Crippen LogP contribution in [0, 0.1) is 17.6 Å². The standard InChI is InChI=1S/C20H28F2N4O.HI/c1-23-20(24-12-15-11-16(21)7-8-18(15)22)25-17-9-10-26(13-17)19(27)14-5-3-2-4-6-14;/h7-8,11,14,17H,2-6,9-10,12-13H2,1H3,(H2,23,24,25);1H. The molecule has 3 rings (SSSR count). The Morgan fingerprint density at radius 2 is 1.96 bits per heavy atom. The molecule has 1 heterocycles. The summed E-state index contributed by atoms with van der Waals surface area (Å²) in [5.41, 5.74) is 0.249. The number of carbonyl (C=O) groups excluding carboxylic acids is 1. The molecular weight excluding hydrogens is 477 g/mol. The van der Waals surface area contributed by atoms with Gasteiger partial charge in [-0.1, -0.05) is 19.3 Å². The molecule has 1 amide bonds. The largest absolute Gasteiger partial charge is 0.352 e. The first-order chi connectivity index (χ1) is 13.1. The van der Waals surface area contributed by atoms with Crippen LogP contribution < -0.4 is 10.6 Å². The van der Waals surface area contributed by atoms with Crippen LogP contribution in [0.1, 0.15) is 44.1 Å². The molecule has 1 aromatic rings. The van der Waals surface area contributed by atoms with Gasteiger partial charge in [0.15, 0.2) is 5.96 Å². The number of hydrogen-bond acceptors (Lipinski definition) is 2. The highest BCUT2D eigenvalue weighted by atomic mass is 127. The summed E-state index contributed by atoms with van der Waals surface area (Å²) in [4.78, 5) is 18.8. The molecule has 28 heavy (non-hydrogen) atoms. The molecule has 0 bridgehead atoms. The summed E-state index contributed by atoms with van der Waals surface area (Å²) >= 11 is 0. The highest BCUT2D eigenvalue weighted by molar-refractivity contribution is 14.0. The van der Waals surface area contributed by atoms with E-state index in [-0.39, 0.29) is 54.0 Å². The summed E-state index contributed by atoms with van der Waals surface area (Å²) in [6, 6.07) is 3.51. The molecule has 5 nitrogen and oxygen atoms in total. The first-order valence-electron chi connectivity index (χ1n) is 9.76. The molecule has 8 heteroatoms. The van der Waals surface area contributed by atoms with Gasteiger partial charge in [0.25, 0.3) is 0 Å². The van der Waals surface area contributed by atoms with E-state index in [1.165, 1.54) is 12.5 Å². The summed E-state index contributed by atoms with van der Waals surface area (Å²) in [5.74, 6) is 0.0681. The van der Waals surface area contributed by atoms with Crippen molar-refractivity contribution in [2.75, 3.05) is 20.1 Å². The quantitative estimate of drug-likeness (QED) is 0.374. The van der Waals surface area contributed by atoms with Crippen LogP contribution in [0.25, 0.3) is 0 Å². The van der Waals surface area contributed by atoms with Crippen LogP contribution in [0.2, 0.25) is 0 Å². The zero-order chi connectivity index (χ0) is 19.2. The lowest BCUT2D eigenvalue weighted by Gasteiger charge is -2.26. The van der Waals surface area contributed by atoms with Gasteiger partial charge in [-0.3, -0.25) is 9.79 Å². The van der Waals surface area contributed by atoms with Gasteiger partial charge in [-0.2, -0.15) is 0 Å². The lowest BCUT2D eigenvalue weighted by Crippen LogP contribution is -2.45. The fourth-order valence-electron chi connectivity index (χ4n) is 3.93. The lowest BCUT2D eigenvalue weighted by atomic mass is 9.88. The third-order valence-electron chi connectivity index (χ3n) is 5.47. The lowest BCUT2D eigenvalue weighted by molar-refractivity contribution is -0.135. The van der Waals surface area contributed by atoms with Crippen molar-refractivity contribution < 1.29 is 13.6 Å². The van der Waals surface area contributed by atoms with Gasteiger partial charge in [-0.15, -0.1) is 24.0 Å². The molecule has 1 unspecified atom stereocenters. The van der Waals surface area contributed by atoms with E-state index < -0.39 is 11.6 Å². The molecule has 2 N–H and O–H groups in total. The third kappa shape index (κ3) is 6.02. The fourth-order valence-corrected chi connectivity index (χ4v) is 3.93. The predicted octanol–water partition coefficient (Wildman–Crippen LogP) is 3.43. The fraction of sp³-hybridized carbons (Fsp3) is 0.600. The summed E-state index contributed by atoms with van der Waals surface area (Å²) < 4.78 is 27.0. The Morgan fingerprint density at radius 3 is 2.68 bits per heavy atom. The van der Waals surface area contributed by atoms with Crippen molar-refractivity contribution in [1.82, 2.24) is 15.5 Å². The van der Waals surface area contributed by atoms with Crippen LogP contribution in [0.5, 0.6) is 0 Å². The van der Waals surface area contributed by atoms with E-state index in [2.05, 4.69) is 15.6 Å². The molecule has 0 spiro atoms. The van der Waals surface area contributed by atoms with Crippen molar-refractivity contribution in [1.29, 1.82) is 0 Å². The van der Waals surface area contributed by atoms with E-state index >= 15 is 0 Å². The van der Waals surface area contributed by atoms with E-state index in [1.807, 2.05) is 4.90 Å². The minimum atomic E-state index is -0.469. The number of guanidine groups is 1. The Labute approximate surface area is 182 Å². The van der Waals surface area contributed by atoms with Gasteiger partial charge >= 0.3 is 0 Å². The number of halogens is 3. The summed E-state index contributed by atoms with van der Waals surface area (Å²) in [7, 11) is 1.64. The number of likely N-dealkylation sites (tertiary alicyclic amines) is 1. The van der Waals surface area contributed by atoms with Gasteiger partial charge in [0.05, 0.1) is 0 Å². The van der Waals surface area contributed by atoms with Gasteiger partial charge in [0.2, 0.25) is 5.91 Å². The smallest absolute Gasteiger partial charge is 0.225 e. The molecule has 1 aliphatic carbocycles. The molecule has 1 atom stereocenters. The Kier molecular flexibility index (Phi) is 8.91. The van der Waals surface area contributed by atoms with Gasteiger partial charge in [0.1, 0.15) is 11.6 Å². The molecule has 0 aromatic heterocycles. The van der Waals surface area contributed by atoms with Crippen molar-refractivity contribution in [2.45, 2.75) is 51.1 Å². The maximum absolute atomic E-state index is 13.7. The predicted molar refractivity (Wildman–Crippen MR) is 117 cm³/mol. The van der Waals surface area contributed by atoms with Crippen molar-refractivity contribution in [3.05, 3.63) is 35.4 Å². The zero-order valence-electron chi connectivity index (χ0n) is 16.2. The number of aliphatic imine (C=N–C) groups is 1. The molecule has 1 saturated heterocycles. The first-order valence-corrected chi connectivity index (χ1v) is 9.76. The van der Waals surface area contributed by atoms with Crippen molar-refractivity contribution in [3.8, 4) is 0 Å². The average Bonchev–Trinajstić information content (AvgIpc) is 3.16. The van der Waals surface area contributed by atoms with Crippen LogP contribution in [0.15, 0.2) is 23.2 Å². The highest BCUT2D eigenvalue weighted by Crippen LogP contribution is 2.26. The molecule has 1 aromatic carbocycles. The second kappa shape index (κ2) is 10.9. The number of benzene rings is 1. The molecular formula is C20H29F2IN4O. The van der Waals surface area contributed by atoms with E-state index in [4.69, 9.17) is 0 Å². The number of nitrogens with one attached hydrogen (secondary N) is 2. The van der Waals surface area contributed by atoms with Crippen LogP contribution >= 0.6 is 24.0 Å². The molecule has 0 radical (unpaired) electrons. The van der Waals surface area contributed by atoms with Crippen molar-refractivity contribution in [3.63, 3.8) is 0 Å². The van der Waals surface area contributed by atoms with Gasteiger partial charge in [-0.05, 0) is 37.5 Å². The first kappa shape index (κ1) is 22.8. The van der Waals surface area contributed by atoms with E-state index in [9.17, 15) is 13.6 Å². The van der Waals surface area contributed by atoms with Gasteiger partial charge in [-0.25, -0.2) is 8.78 Å². The van der Waals surface area contributed by atoms with E-state index in [1.54, 1.807) is 7.05 Å². The third-order valence-corrected chi connectivity index (χ3v) is 5.47. The van der Waals surface area contributed by atoms with Gasteiger partial charge < -0.3 is 15.5 Å². The highest BCUT2D eigenvalue weighted by Gasteiger charge is 2.31. The minimum absolute atomic E-state index is 0. The maximum atomic E-state index is 13.7. The zero-order valence-corrected chi connectivity index (χ0v) is 18.5. The minimum Gasteiger partial charge on any atom is -0.352 e. The van der Waals surface area contributed by atoms with Crippen LogP contribution in [-0.2, 0) is 11.3 Å². The normalized spacial score (nSPS) is 20.6. The second-order valence-electron chi connectivity index (χ2n) is 7.41. The number of nitrogens with zero attached hydrogens (tertiary/aromatic N) is 2. The molecule has 2 fully saturated rings.